The lowest BCUT2D eigenvalue weighted by molar-refractivity contribution is 0.519. The van der Waals surface area contributed by atoms with Crippen LogP contribution in [0.25, 0.3) is 0 Å². The number of hydrogen-bond donors (Lipinski definition) is 1. The predicted octanol–water partition coefficient (Wildman–Crippen LogP) is 2.41. The summed E-state index contributed by atoms with van der Waals surface area (Å²) in [6.45, 7) is 4.94. The first kappa shape index (κ1) is 14.9. The first-order valence-corrected chi connectivity index (χ1v) is 7.27. The molecule has 6 heteroatoms. The number of rotatable bonds is 6. The topological polar surface area (TPSA) is 55.6 Å². The summed E-state index contributed by atoms with van der Waals surface area (Å²) in [7, 11) is 1.91. The molecule has 1 N–H and O–H groups in total. The summed E-state index contributed by atoms with van der Waals surface area (Å²) in [5.41, 5.74) is 1.99. The normalized spacial score (nSPS) is 12.6. The Hall–Kier alpha value is -1.46. The van der Waals surface area contributed by atoms with E-state index in [1.54, 1.807) is 12.4 Å². The molecule has 5 nitrogen and oxygen atoms in total. The van der Waals surface area contributed by atoms with Gasteiger partial charge in [0.1, 0.15) is 5.82 Å². The minimum Gasteiger partial charge on any atom is -0.310 e. The third kappa shape index (κ3) is 2.99. The molecule has 0 aliphatic heterocycles. The van der Waals surface area contributed by atoms with Gasteiger partial charge >= 0.3 is 0 Å². The second-order valence-electron chi connectivity index (χ2n) is 4.53. The molecule has 1 atom stereocenters. The lowest BCUT2D eigenvalue weighted by Gasteiger charge is -2.15. The van der Waals surface area contributed by atoms with Crippen molar-refractivity contribution in [3.8, 4) is 0 Å². The third-order valence-corrected chi connectivity index (χ3v) is 3.77. The van der Waals surface area contributed by atoms with Gasteiger partial charge in [-0.2, -0.15) is 5.10 Å². The van der Waals surface area contributed by atoms with Crippen molar-refractivity contribution in [2.24, 2.45) is 0 Å². The molecule has 0 saturated carbocycles. The summed E-state index contributed by atoms with van der Waals surface area (Å²) in [5.74, 6) is 0.771. The van der Waals surface area contributed by atoms with Gasteiger partial charge in [0.25, 0.3) is 0 Å². The van der Waals surface area contributed by atoms with Crippen LogP contribution in [0, 0.1) is 0 Å². The van der Waals surface area contributed by atoms with E-state index in [1.807, 2.05) is 17.8 Å². The zero-order valence-corrected chi connectivity index (χ0v) is 12.9. The molecule has 2 aromatic heterocycles. The Morgan fingerprint density at radius 1 is 1.30 bits per heavy atom. The van der Waals surface area contributed by atoms with Gasteiger partial charge in [-0.3, -0.25) is 4.68 Å². The summed E-state index contributed by atoms with van der Waals surface area (Å²) in [5, 5.41) is 8.56. The molecule has 2 heterocycles. The number of aryl methyl sites for hydroxylation is 2. The molecule has 2 aromatic rings. The highest BCUT2D eigenvalue weighted by Crippen LogP contribution is 2.25. The Bertz CT molecular complexity index is 552. The van der Waals surface area contributed by atoms with Gasteiger partial charge in [0.15, 0.2) is 0 Å². The lowest BCUT2D eigenvalue weighted by Crippen LogP contribution is -2.22. The van der Waals surface area contributed by atoms with Crippen molar-refractivity contribution < 1.29 is 0 Å². The largest absolute Gasteiger partial charge is 0.310 e. The Balaban J connectivity index is 2.30. The van der Waals surface area contributed by atoms with E-state index in [2.05, 4.69) is 34.2 Å². The maximum absolute atomic E-state index is 6.44. The molecule has 108 valence electrons. The molecule has 0 aliphatic rings. The van der Waals surface area contributed by atoms with Gasteiger partial charge in [-0.05, 0) is 26.5 Å². The third-order valence-electron chi connectivity index (χ3n) is 3.34. The van der Waals surface area contributed by atoms with Crippen LogP contribution >= 0.6 is 11.6 Å². The minimum absolute atomic E-state index is 0.0282. The Morgan fingerprint density at radius 2 is 2.00 bits per heavy atom. The standard InChI is InChI=1S/C14H20ClN5/c1-4-10-13(15)12(20(5-2)19-10)9-11(16-3)14-17-7-6-8-18-14/h6-8,11,16H,4-5,9H2,1-3H3. The highest BCUT2D eigenvalue weighted by molar-refractivity contribution is 6.31. The van der Waals surface area contributed by atoms with Crippen molar-refractivity contribution >= 4 is 11.6 Å². The lowest BCUT2D eigenvalue weighted by atomic mass is 10.1. The van der Waals surface area contributed by atoms with Gasteiger partial charge in [-0.1, -0.05) is 18.5 Å². The van der Waals surface area contributed by atoms with Crippen LogP contribution < -0.4 is 5.32 Å². The second-order valence-corrected chi connectivity index (χ2v) is 4.91. The first-order chi connectivity index (χ1) is 9.71. The van der Waals surface area contributed by atoms with Gasteiger partial charge in [0.2, 0.25) is 0 Å². The zero-order valence-electron chi connectivity index (χ0n) is 12.1. The van der Waals surface area contributed by atoms with Crippen LogP contribution in [0.5, 0.6) is 0 Å². The number of halogens is 1. The van der Waals surface area contributed by atoms with Gasteiger partial charge in [-0.25, -0.2) is 9.97 Å². The minimum atomic E-state index is 0.0282. The maximum atomic E-state index is 6.44. The van der Waals surface area contributed by atoms with E-state index in [-0.39, 0.29) is 6.04 Å². The molecule has 0 bridgehead atoms. The summed E-state index contributed by atoms with van der Waals surface area (Å²) < 4.78 is 1.97. The summed E-state index contributed by atoms with van der Waals surface area (Å²) in [6.07, 6.45) is 5.07. The quantitative estimate of drug-likeness (QED) is 0.889. The van der Waals surface area contributed by atoms with Gasteiger partial charge < -0.3 is 5.32 Å². The molecule has 20 heavy (non-hydrogen) atoms. The van der Waals surface area contributed by atoms with Gasteiger partial charge in [-0.15, -0.1) is 0 Å². The fourth-order valence-electron chi connectivity index (χ4n) is 2.22. The van der Waals surface area contributed by atoms with Crippen molar-refractivity contribution in [3.63, 3.8) is 0 Å². The van der Waals surface area contributed by atoms with Crippen LogP contribution in [-0.2, 0) is 19.4 Å². The molecule has 0 aromatic carbocycles. The Morgan fingerprint density at radius 3 is 2.55 bits per heavy atom. The van der Waals surface area contributed by atoms with Gasteiger partial charge in [0.05, 0.1) is 22.5 Å². The van der Waals surface area contributed by atoms with Crippen LogP contribution in [0.3, 0.4) is 0 Å². The maximum Gasteiger partial charge on any atom is 0.145 e. The molecule has 0 aliphatic carbocycles. The van der Waals surface area contributed by atoms with Crippen molar-refractivity contribution in [2.75, 3.05) is 7.05 Å². The van der Waals surface area contributed by atoms with Crippen molar-refractivity contribution in [1.29, 1.82) is 0 Å². The molecule has 2 rings (SSSR count). The van der Waals surface area contributed by atoms with E-state index in [9.17, 15) is 0 Å². The molecule has 0 amide bonds. The molecule has 1 unspecified atom stereocenters. The number of aromatic nitrogens is 4. The summed E-state index contributed by atoms with van der Waals surface area (Å²) >= 11 is 6.44. The molecule has 0 radical (unpaired) electrons. The van der Waals surface area contributed by atoms with E-state index >= 15 is 0 Å². The molecular weight excluding hydrogens is 274 g/mol. The van der Waals surface area contributed by atoms with E-state index in [0.717, 1.165) is 41.6 Å². The molecule has 0 fully saturated rings. The number of nitrogens with zero attached hydrogens (tertiary/aromatic N) is 4. The average molecular weight is 294 g/mol. The number of hydrogen-bond acceptors (Lipinski definition) is 4. The average Bonchev–Trinajstić information content (AvgIpc) is 2.81. The Labute approximate surface area is 124 Å². The summed E-state index contributed by atoms with van der Waals surface area (Å²) in [6, 6.07) is 1.84. The van der Waals surface area contributed by atoms with E-state index in [1.165, 1.54) is 0 Å². The molecular formula is C14H20ClN5. The van der Waals surface area contributed by atoms with Crippen molar-refractivity contribution in [1.82, 2.24) is 25.1 Å². The van der Waals surface area contributed by atoms with Crippen molar-refractivity contribution in [3.05, 3.63) is 40.7 Å². The highest BCUT2D eigenvalue weighted by atomic mass is 35.5. The van der Waals surface area contributed by atoms with E-state index in [0.29, 0.717) is 0 Å². The van der Waals surface area contributed by atoms with Crippen LogP contribution in [0.4, 0.5) is 0 Å². The monoisotopic (exact) mass is 293 g/mol. The summed E-state index contributed by atoms with van der Waals surface area (Å²) in [4.78, 5) is 8.62. The van der Waals surface area contributed by atoms with E-state index in [4.69, 9.17) is 11.6 Å². The Kier molecular flexibility index (Phi) is 5.09. The zero-order chi connectivity index (χ0) is 14.5. The highest BCUT2D eigenvalue weighted by Gasteiger charge is 2.20. The fraction of sp³-hybridized carbons (Fsp3) is 0.500. The number of nitrogens with one attached hydrogen (secondary N) is 1. The van der Waals surface area contributed by atoms with E-state index < -0.39 is 0 Å². The fourth-order valence-corrected chi connectivity index (χ4v) is 2.56. The van der Waals surface area contributed by atoms with Crippen LogP contribution in [0.15, 0.2) is 18.5 Å². The predicted molar refractivity (Wildman–Crippen MR) is 79.8 cm³/mol. The van der Waals surface area contributed by atoms with Crippen molar-refractivity contribution in [2.45, 2.75) is 39.3 Å². The number of likely N-dealkylation sites (N-methyl/N-ethyl adjacent to an activating group) is 1. The first-order valence-electron chi connectivity index (χ1n) is 6.89. The molecule has 0 saturated heterocycles. The van der Waals surface area contributed by atoms with Crippen LogP contribution in [0.2, 0.25) is 5.02 Å². The van der Waals surface area contributed by atoms with Crippen LogP contribution in [0.1, 0.15) is 37.1 Å². The van der Waals surface area contributed by atoms with Gasteiger partial charge in [0, 0.05) is 25.4 Å². The smallest absolute Gasteiger partial charge is 0.145 e. The SMILES string of the molecule is CCc1nn(CC)c(CC(NC)c2ncccn2)c1Cl. The second kappa shape index (κ2) is 6.81. The van der Waals surface area contributed by atoms with Crippen LogP contribution in [-0.4, -0.2) is 26.8 Å². The molecule has 0 spiro atoms.